The van der Waals surface area contributed by atoms with Gasteiger partial charge in [-0.1, -0.05) is 0 Å². The van der Waals surface area contributed by atoms with Crippen molar-refractivity contribution in [2.75, 3.05) is 37.8 Å². The van der Waals surface area contributed by atoms with Gasteiger partial charge in [-0.05, 0) is 0 Å². The molecule has 0 fully saturated rings. The quantitative estimate of drug-likeness (QED) is 0.205. The molecule has 2 aromatic carbocycles. The van der Waals surface area contributed by atoms with Gasteiger partial charge in [-0.3, -0.25) is 0 Å². The number of halogens is 1. The van der Waals surface area contributed by atoms with E-state index in [0.29, 0.717) is 28.9 Å². The molecule has 0 atom stereocenters. The Hall–Kier alpha value is -2.01. The number of carbonyl (C=O) groups excluding carboxylic acids is 2. The zero-order valence-corrected chi connectivity index (χ0v) is 21.6. The first kappa shape index (κ1) is 24.1. The molecule has 2 aromatic rings. The van der Waals surface area contributed by atoms with Gasteiger partial charge >= 0.3 is 198 Å². The van der Waals surface area contributed by atoms with E-state index in [1.807, 2.05) is 31.2 Å². The summed E-state index contributed by atoms with van der Waals surface area (Å²) in [5.41, 5.74) is 5.39. The van der Waals surface area contributed by atoms with Crippen LogP contribution >= 0.6 is 20.2 Å². The van der Waals surface area contributed by atoms with Crippen molar-refractivity contribution in [2.24, 2.45) is 0 Å². The number of benzene rings is 2. The number of alkyl halides is 1. The van der Waals surface area contributed by atoms with Gasteiger partial charge in [0.15, 0.2) is 0 Å². The first-order valence-corrected chi connectivity index (χ1v) is 14.8. The van der Waals surface area contributed by atoms with Crippen LogP contribution in [0.2, 0.25) is 0 Å². The molecule has 8 heteroatoms. The van der Waals surface area contributed by atoms with Crippen LogP contribution in [0.15, 0.2) is 30.3 Å². The van der Waals surface area contributed by atoms with Crippen LogP contribution in [0.4, 0.5) is 0 Å². The normalized spacial score (nSPS) is 15.0. The molecule has 0 aromatic heterocycles. The summed E-state index contributed by atoms with van der Waals surface area (Å²) in [4.78, 5) is 28.0. The number of nitrogens with zero attached hydrogens (tertiary/aromatic N) is 2. The SMILES string of the molecule is CCN(CCc1ccc2c(c1)COC2=O)CCN(C)CI(O)c1cc2c(cc1C)C(=O)OC2. The van der Waals surface area contributed by atoms with Gasteiger partial charge in [0, 0.05) is 0 Å². The zero-order chi connectivity index (χ0) is 23.5. The fourth-order valence-electron chi connectivity index (χ4n) is 4.18. The van der Waals surface area contributed by atoms with E-state index in [-0.39, 0.29) is 11.9 Å². The third-order valence-corrected chi connectivity index (χ3v) is 10.5. The van der Waals surface area contributed by atoms with E-state index in [2.05, 4.69) is 29.8 Å². The maximum atomic E-state index is 11.8. The number of fused-ring (bicyclic) bond motifs is 2. The van der Waals surface area contributed by atoms with Crippen molar-refractivity contribution < 1.29 is 22.5 Å². The topological polar surface area (TPSA) is 79.3 Å². The number of cyclic esters (lactones) is 2. The van der Waals surface area contributed by atoms with Crippen molar-refractivity contribution in [3.63, 3.8) is 0 Å². The third kappa shape index (κ3) is 5.56. The molecule has 0 spiro atoms. The molecular formula is C25H31IN2O5. The summed E-state index contributed by atoms with van der Waals surface area (Å²) in [6.07, 6.45) is 0.923. The van der Waals surface area contributed by atoms with E-state index in [1.165, 1.54) is 5.56 Å². The van der Waals surface area contributed by atoms with Crippen LogP contribution < -0.4 is 0 Å². The van der Waals surface area contributed by atoms with E-state index in [4.69, 9.17) is 9.47 Å². The second kappa shape index (κ2) is 10.5. The Morgan fingerprint density at radius 1 is 0.970 bits per heavy atom. The average molecular weight is 566 g/mol. The van der Waals surface area contributed by atoms with Crippen molar-refractivity contribution in [1.29, 1.82) is 0 Å². The summed E-state index contributed by atoms with van der Waals surface area (Å²) in [6.45, 7) is 8.51. The number of hydrogen-bond acceptors (Lipinski definition) is 7. The molecule has 0 saturated heterocycles. The zero-order valence-electron chi connectivity index (χ0n) is 19.4. The molecule has 0 saturated carbocycles. The number of esters is 2. The van der Waals surface area contributed by atoms with Crippen LogP contribution in [0, 0.1) is 10.5 Å². The summed E-state index contributed by atoms with van der Waals surface area (Å²) in [7, 11) is 2.06. The molecule has 33 heavy (non-hydrogen) atoms. The fraction of sp³-hybridized carbons (Fsp3) is 0.440. The molecule has 2 aliphatic rings. The standard InChI is InChI=1S/C25H31IN2O5/c1-4-28(8-7-18-5-6-21-19(12-18)14-32-24(21)29)10-9-27(3)16-26(31)23-13-20-15-33-25(30)22(20)11-17(23)2/h5-6,11-13,31H,4,7-10,14-16H2,1-3H3. The molecule has 4 rings (SSSR count). The summed E-state index contributed by atoms with van der Waals surface area (Å²) >= 11 is -2.36. The molecule has 0 aliphatic carbocycles. The fourth-order valence-corrected chi connectivity index (χ4v) is 7.86. The molecule has 2 aliphatic heterocycles. The van der Waals surface area contributed by atoms with Crippen LogP contribution in [-0.2, 0) is 29.1 Å². The minimum atomic E-state index is -2.36. The number of aryl methyl sites for hydroxylation is 1. The van der Waals surface area contributed by atoms with Crippen LogP contribution in [0.1, 0.15) is 49.9 Å². The van der Waals surface area contributed by atoms with Gasteiger partial charge in [-0.25, -0.2) is 4.79 Å². The molecule has 0 bridgehead atoms. The molecule has 178 valence electrons. The summed E-state index contributed by atoms with van der Waals surface area (Å²) in [5, 5.41) is 0. The molecule has 0 unspecified atom stereocenters. The number of hydrogen-bond donors (Lipinski definition) is 1. The summed E-state index contributed by atoms with van der Waals surface area (Å²) in [6, 6.07) is 9.81. The Morgan fingerprint density at radius 3 is 2.39 bits per heavy atom. The number of rotatable bonds is 10. The molecule has 2 heterocycles. The predicted molar refractivity (Wildman–Crippen MR) is 134 cm³/mol. The third-order valence-electron chi connectivity index (χ3n) is 6.23. The minimum absolute atomic E-state index is 0.224. The monoisotopic (exact) mass is 566 g/mol. The second-order valence-electron chi connectivity index (χ2n) is 8.62. The Bertz CT molecular complexity index is 1060. The van der Waals surface area contributed by atoms with E-state index < -0.39 is 20.2 Å². The Balaban J connectivity index is 1.26. The number of ether oxygens (including phenoxy) is 2. The molecule has 7 nitrogen and oxygen atoms in total. The van der Waals surface area contributed by atoms with Gasteiger partial charge in [-0.2, -0.15) is 0 Å². The molecular weight excluding hydrogens is 535 g/mol. The van der Waals surface area contributed by atoms with E-state index in [9.17, 15) is 13.0 Å². The molecule has 1 N–H and O–H groups in total. The van der Waals surface area contributed by atoms with Gasteiger partial charge in [0.2, 0.25) is 0 Å². The Labute approximate surface area is 202 Å². The van der Waals surface area contributed by atoms with Crippen molar-refractivity contribution >= 4 is 32.2 Å². The number of carbonyl (C=O) groups is 2. The summed E-state index contributed by atoms with van der Waals surface area (Å²) in [5.74, 6) is -0.491. The summed E-state index contributed by atoms with van der Waals surface area (Å²) < 4.78 is 22.9. The van der Waals surface area contributed by atoms with Crippen molar-refractivity contribution in [3.8, 4) is 0 Å². The average Bonchev–Trinajstić information content (AvgIpc) is 3.35. The second-order valence-corrected chi connectivity index (χ2v) is 12.4. The van der Waals surface area contributed by atoms with Crippen LogP contribution in [0.5, 0.6) is 0 Å². The van der Waals surface area contributed by atoms with E-state index in [0.717, 1.165) is 52.9 Å². The van der Waals surface area contributed by atoms with Gasteiger partial charge in [0.25, 0.3) is 0 Å². The van der Waals surface area contributed by atoms with Crippen molar-refractivity contribution in [1.82, 2.24) is 9.80 Å². The van der Waals surface area contributed by atoms with Crippen LogP contribution in [-0.4, -0.2) is 63.0 Å². The first-order chi connectivity index (χ1) is 15.9. The molecule has 0 amide bonds. The van der Waals surface area contributed by atoms with E-state index in [1.54, 1.807) is 0 Å². The van der Waals surface area contributed by atoms with Gasteiger partial charge < -0.3 is 0 Å². The Kier molecular flexibility index (Phi) is 7.68. The predicted octanol–water partition coefficient (Wildman–Crippen LogP) is 3.37. The van der Waals surface area contributed by atoms with Crippen LogP contribution in [0.3, 0.4) is 0 Å². The van der Waals surface area contributed by atoms with Crippen molar-refractivity contribution in [3.05, 3.63) is 67.3 Å². The van der Waals surface area contributed by atoms with Crippen LogP contribution in [0.25, 0.3) is 0 Å². The molecule has 0 radical (unpaired) electrons. The van der Waals surface area contributed by atoms with E-state index >= 15 is 0 Å². The number of likely N-dealkylation sites (N-methyl/N-ethyl adjacent to an activating group) is 2. The van der Waals surface area contributed by atoms with Gasteiger partial charge in [0.05, 0.1) is 0 Å². The van der Waals surface area contributed by atoms with Gasteiger partial charge in [0.1, 0.15) is 0 Å². The Morgan fingerprint density at radius 2 is 1.67 bits per heavy atom. The maximum absolute atomic E-state index is 11.8. The van der Waals surface area contributed by atoms with Gasteiger partial charge in [-0.15, -0.1) is 0 Å². The van der Waals surface area contributed by atoms with Crippen molar-refractivity contribution in [2.45, 2.75) is 33.5 Å². The first-order valence-electron chi connectivity index (χ1n) is 11.2.